The number of non-ortho nitro benzene ring substituents is 1. The van der Waals surface area contributed by atoms with Crippen LogP contribution < -0.4 is 5.73 Å². The summed E-state index contributed by atoms with van der Waals surface area (Å²) in [7, 11) is 0. The summed E-state index contributed by atoms with van der Waals surface area (Å²) in [6.45, 7) is 5.53. The van der Waals surface area contributed by atoms with E-state index in [2.05, 4.69) is 0 Å². The van der Waals surface area contributed by atoms with Crippen LogP contribution in [-0.2, 0) is 20.7 Å². The molecule has 1 aliphatic heterocycles. The molecule has 0 saturated carbocycles. The molecule has 3 aromatic carbocycles. The molecule has 0 bridgehead atoms. The van der Waals surface area contributed by atoms with E-state index in [0.29, 0.717) is 13.0 Å². The molecule has 1 heterocycles. The molecule has 0 fully saturated rings. The van der Waals surface area contributed by atoms with Crippen LogP contribution in [0.4, 0.5) is 11.4 Å². The molecule has 0 saturated heterocycles. The number of carboxylic acid groups (broad SMARTS) is 3. The number of aromatic carboxylic acids is 2. The van der Waals surface area contributed by atoms with Crippen LogP contribution in [0.15, 0.2) is 78.6 Å². The molecule has 2 aliphatic rings. The minimum Gasteiger partial charge on any atom is -0.482 e. The molecule has 13 nitrogen and oxygen atoms in total. The minimum atomic E-state index is -1.17. The van der Waals surface area contributed by atoms with Crippen LogP contribution in [-0.4, -0.2) is 56.3 Å². The molecule has 5 rings (SSSR count). The molecule has 3 aromatic rings. The Morgan fingerprint density at radius 1 is 0.889 bits per heavy atom. The van der Waals surface area contributed by atoms with E-state index in [0.717, 1.165) is 22.3 Å². The molecule has 234 valence electrons. The lowest BCUT2D eigenvalue weighted by atomic mass is 10.0. The number of carbonyl (C=O) groups is 4. The average molecular weight is 619 g/mol. The van der Waals surface area contributed by atoms with E-state index in [1.807, 2.05) is 6.07 Å². The zero-order valence-electron chi connectivity index (χ0n) is 24.5. The Morgan fingerprint density at radius 3 is 2.04 bits per heavy atom. The van der Waals surface area contributed by atoms with Gasteiger partial charge in [-0.05, 0) is 85.9 Å². The summed E-state index contributed by atoms with van der Waals surface area (Å²) in [5, 5.41) is 37.1. The second-order valence-electron chi connectivity index (χ2n) is 10.6. The summed E-state index contributed by atoms with van der Waals surface area (Å²) >= 11 is 0. The number of nitrogen functional groups attached to an aromatic ring is 1. The zero-order chi connectivity index (χ0) is 33.5. The van der Waals surface area contributed by atoms with Gasteiger partial charge < -0.3 is 30.5 Å². The number of esters is 1. The van der Waals surface area contributed by atoms with Crippen molar-refractivity contribution in [1.82, 2.24) is 0 Å². The van der Waals surface area contributed by atoms with Crippen LogP contribution in [0.25, 0.3) is 11.1 Å². The quantitative estimate of drug-likeness (QED) is 0.0966. The normalized spacial score (nSPS) is 12.4. The minimum absolute atomic E-state index is 0.0116. The summed E-state index contributed by atoms with van der Waals surface area (Å²) in [6.07, 6.45) is 5.25. The maximum absolute atomic E-state index is 11.8. The molecule has 0 unspecified atom stereocenters. The molecule has 0 amide bonds. The first-order chi connectivity index (χ1) is 21.1. The fourth-order valence-electron chi connectivity index (χ4n) is 4.32. The van der Waals surface area contributed by atoms with Gasteiger partial charge in [-0.1, -0.05) is 24.3 Å². The highest BCUT2D eigenvalue weighted by molar-refractivity contribution is 6.03. The van der Waals surface area contributed by atoms with Crippen molar-refractivity contribution in [3.8, 4) is 11.1 Å². The van der Waals surface area contributed by atoms with Gasteiger partial charge in [-0.2, -0.15) is 0 Å². The van der Waals surface area contributed by atoms with Crippen LogP contribution in [0.5, 0.6) is 0 Å². The van der Waals surface area contributed by atoms with E-state index in [1.165, 1.54) is 36.4 Å². The monoisotopic (exact) mass is 618 g/mol. The van der Waals surface area contributed by atoms with Crippen molar-refractivity contribution in [3.63, 3.8) is 0 Å². The van der Waals surface area contributed by atoms with Crippen LogP contribution in [0.2, 0.25) is 0 Å². The first kappa shape index (κ1) is 33.5. The number of hydrogen-bond donors (Lipinski definition) is 4. The summed E-state index contributed by atoms with van der Waals surface area (Å²) in [5.74, 6) is -3.78. The standard InChI is InChI=1S/C14H9NO4.C12H15NO4.C6H6O3/c16-14(17)12-3-1-2-11-10-5-4-9(15(18)19)6-8(10)7-13(11)12;1-12(2,3)17-11(16)8-6-4-5-7(9(8)13)10(14)15;7-6(8)5-3-1-2-4-9-5/h1-6H,7H2,(H,16,17);4-6H,13H2,1-3H3,(H,14,15);1-3H,4H2,(H,7,8). The lowest BCUT2D eigenvalue weighted by Crippen LogP contribution is -2.24. The lowest BCUT2D eigenvalue weighted by molar-refractivity contribution is -0.384. The van der Waals surface area contributed by atoms with E-state index < -0.39 is 34.4 Å². The summed E-state index contributed by atoms with van der Waals surface area (Å²) < 4.78 is 9.84. The van der Waals surface area contributed by atoms with Crippen molar-refractivity contribution in [3.05, 3.63) is 117 Å². The molecule has 0 atom stereocenters. The number of hydrogen-bond acceptors (Lipinski definition) is 9. The number of carboxylic acids is 3. The summed E-state index contributed by atoms with van der Waals surface area (Å²) in [4.78, 5) is 54.2. The van der Waals surface area contributed by atoms with Gasteiger partial charge in [0.1, 0.15) is 12.2 Å². The van der Waals surface area contributed by atoms with Gasteiger partial charge in [0.15, 0.2) is 0 Å². The van der Waals surface area contributed by atoms with Crippen molar-refractivity contribution in [2.24, 2.45) is 0 Å². The number of rotatable bonds is 5. The second kappa shape index (κ2) is 14.0. The second-order valence-corrected chi connectivity index (χ2v) is 10.6. The van der Waals surface area contributed by atoms with E-state index >= 15 is 0 Å². The summed E-state index contributed by atoms with van der Waals surface area (Å²) in [6, 6.07) is 14.0. The molecule has 5 N–H and O–H groups in total. The van der Waals surface area contributed by atoms with E-state index in [4.69, 9.17) is 30.5 Å². The Morgan fingerprint density at radius 2 is 1.51 bits per heavy atom. The third-order valence-electron chi connectivity index (χ3n) is 6.25. The molecular weight excluding hydrogens is 588 g/mol. The number of fused-ring (bicyclic) bond motifs is 3. The number of nitrogens with two attached hydrogens (primary N) is 1. The SMILES string of the molecule is CC(C)(C)OC(=O)c1cccc(C(=O)O)c1N.O=C(O)C1=CC=CCO1.O=C(O)c1cccc2c1Cc1cc([N+](=O)[O-])ccc1-2. The summed E-state index contributed by atoms with van der Waals surface area (Å²) in [5.41, 5.74) is 8.42. The first-order valence-electron chi connectivity index (χ1n) is 13.3. The fraction of sp³-hybridized carbons (Fsp3) is 0.188. The molecule has 0 spiro atoms. The number of allylic oxidation sites excluding steroid dienone is 2. The van der Waals surface area contributed by atoms with Gasteiger partial charge >= 0.3 is 23.9 Å². The highest BCUT2D eigenvalue weighted by Crippen LogP contribution is 2.39. The number of aliphatic carboxylic acids is 1. The number of ether oxygens (including phenoxy) is 2. The largest absolute Gasteiger partial charge is 0.482 e. The van der Waals surface area contributed by atoms with E-state index in [1.54, 1.807) is 51.1 Å². The third-order valence-corrected chi connectivity index (χ3v) is 6.25. The highest BCUT2D eigenvalue weighted by Gasteiger charge is 2.25. The number of nitro groups is 1. The topological polar surface area (TPSA) is 217 Å². The maximum Gasteiger partial charge on any atom is 0.371 e. The highest BCUT2D eigenvalue weighted by atomic mass is 16.6. The van der Waals surface area contributed by atoms with Crippen molar-refractivity contribution in [1.29, 1.82) is 0 Å². The van der Waals surface area contributed by atoms with E-state index in [-0.39, 0.29) is 33.8 Å². The Labute approximate surface area is 257 Å². The van der Waals surface area contributed by atoms with Gasteiger partial charge in [-0.3, -0.25) is 10.1 Å². The predicted octanol–water partition coefficient (Wildman–Crippen LogP) is 5.33. The van der Waals surface area contributed by atoms with Crippen molar-refractivity contribution in [2.75, 3.05) is 12.3 Å². The Kier molecular flexibility index (Phi) is 10.4. The molecular formula is C32H30N2O11. The molecule has 45 heavy (non-hydrogen) atoms. The number of nitro benzene ring substituents is 1. The predicted molar refractivity (Wildman–Crippen MR) is 162 cm³/mol. The number of benzene rings is 3. The number of nitrogens with zero attached hydrogens (tertiary/aromatic N) is 1. The number of anilines is 1. The van der Waals surface area contributed by atoms with Crippen molar-refractivity contribution >= 4 is 35.3 Å². The number of para-hydroxylation sites is 1. The third kappa shape index (κ3) is 8.54. The molecule has 1 aliphatic carbocycles. The van der Waals surface area contributed by atoms with Crippen molar-refractivity contribution in [2.45, 2.75) is 32.8 Å². The van der Waals surface area contributed by atoms with Gasteiger partial charge in [-0.25, -0.2) is 19.2 Å². The number of carbonyl (C=O) groups excluding carboxylic acids is 1. The van der Waals surface area contributed by atoms with Gasteiger partial charge in [0.05, 0.1) is 27.3 Å². The van der Waals surface area contributed by atoms with Crippen LogP contribution in [0, 0.1) is 10.1 Å². The van der Waals surface area contributed by atoms with Gasteiger partial charge in [0.25, 0.3) is 5.69 Å². The first-order valence-corrected chi connectivity index (χ1v) is 13.3. The average Bonchev–Trinajstić information content (AvgIpc) is 3.35. The van der Waals surface area contributed by atoms with Crippen LogP contribution in [0.1, 0.15) is 63.0 Å². The molecule has 13 heteroatoms. The van der Waals surface area contributed by atoms with E-state index in [9.17, 15) is 29.3 Å². The molecule has 0 radical (unpaired) electrons. The lowest BCUT2D eigenvalue weighted by Gasteiger charge is -2.20. The van der Waals surface area contributed by atoms with Gasteiger partial charge in [-0.15, -0.1) is 0 Å². The van der Waals surface area contributed by atoms with Gasteiger partial charge in [0, 0.05) is 12.1 Å². The van der Waals surface area contributed by atoms with Crippen LogP contribution >= 0.6 is 0 Å². The zero-order valence-corrected chi connectivity index (χ0v) is 24.5. The molecule has 0 aromatic heterocycles. The Hall–Kier alpha value is -5.98. The smallest absolute Gasteiger partial charge is 0.371 e. The Bertz CT molecular complexity index is 1730. The van der Waals surface area contributed by atoms with Gasteiger partial charge in [0.2, 0.25) is 5.76 Å². The fourth-order valence-corrected chi connectivity index (χ4v) is 4.32. The Balaban J connectivity index is 0.000000196. The van der Waals surface area contributed by atoms with Crippen molar-refractivity contribution < 1.29 is 48.9 Å². The van der Waals surface area contributed by atoms with Crippen LogP contribution in [0.3, 0.4) is 0 Å². The maximum atomic E-state index is 11.8.